The Morgan fingerprint density at radius 2 is 2.43 bits per heavy atom. The van der Waals surface area contributed by atoms with Gasteiger partial charge in [0, 0.05) is 22.1 Å². The molecular formula is C8H13N3OS2. The molecule has 1 aromatic heterocycles. The highest BCUT2D eigenvalue weighted by Gasteiger charge is 2.10. The smallest absolute Gasteiger partial charge is 0.123 e. The lowest BCUT2D eigenvalue weighted by atomic mass is 10.2. The van der Waals surface area contributed by atoms with Gasteiger partial charge in [-0.3, -0.25) is 5.41 Å². The first kappa shape index (κ1) is 11.4. The standard InChI is InChI=1S/C8H13N3OS2/c1-5(11-14(2)12)7-3-6(4-13-7)8(9)10/h3-5,11H,1-2H3,(H3,9,10)/t5-,14+/m0/s1. The Balaban J connectivity index is 2.76. The normalized spacial score (nSPS) is 15.0. The molecule has 4 nitrogen and oxygen atoms in total. The molecule has 0 aliphatic heterocycles. The SMILES string of the molecule is C[C@H](N[S@@](C)=O)c1cc(C(=N)N)cs1. The van der Waals surface area contributed by atoms with E-state index >= 15 is 0 Å². The van der Waals surface area contributed by atoms with E-state index in [0.717, 1.165) is 10.4 Å². The lowest BCUT2D eigenvalue weighted by Gasteiger charge is -2.08. The van der Waals surface area contributed by atoms with Gasteiger partial charge in [-0.2, -0.15) is 0 Å². The van der Waals surface area contributed by atoms with Crippen LogP contribution in [0.2, 0.25) is 0 Å². The summed E-state index contributed by atoms with van der Waals surface area (Å²) < 4.78 is 13.8. The van der Waals surface area contributed by atoms with Gasteiger partial charge in [0.05, 0.1) is 17.0 Å². The number of rotatable bonds is 4. The summed E-state index contributed by atoms with van der Waals surface area (Å²) in [6.45, 7) is 1.93. The zero-order chi connectivity index (χ0) is 10.7. The molecular weight excluding hydrogens is 218 g/mol. The van der Waals surface area contributed by atoms with Crippen LogP contribution in [0.3, 0.4) is 0 Å². The lowest BCUT2D eigenvalue weighted by molar-refractivity contribution is 0.659. The van der Waals surface area contributed by atoms with E-state index in [-0.39, 0.29) is 11.9 Å². The van der Waals surface area contributed by atoms with Crippen LogP contribution in [0, 0.1) is 5.41 Å². The highest BCUT2D eigenvalue weighted by atomic mass is 32.2. The van der Waals surface area contributed by atoms with Gasteiger partial charge >= 0.3 is 0 Å². The number of hydrogen-bond acceptors (Lipinski definition) is 3. The second-order valence-electron chi connectivity index (χ2n) is 2.95. The van der Waals surface area contributed by atoms with E-state index in [1.807, 2.05) is 18.4 Å². The largest absolute Gasteiger partial charge is 0.384 e. The number of thiophene rings is 1. The third-order valence-electron chi connectivity index (χ3n) is 1.70. The molecule has 0 bridgehead atoms. The van der Waals surface area contributed by atoms with Crippen LogP contribution in [0.4, 0.5) is 0 Å². The van der Waals surface area contributed by atoms with E-state index in [0.29, 0.717) is 0 Å². The van der Waals surface area contributed by atoms with Gasteiger partial charge < -0.3 is 5.73 Å². The Hall–Kier alpha value is -0.720. The minimum atomic E-state index is -1.03. The van der Waals surface area contributed by atoms with Crippen LogP contribution in [0.1, 0.15) is 23.4 Å². The van der Waals surface area contributed by atoms with Crippen LogP contribution in [-0.2, 0) is 11.0 Å². The minimum Gasteiger partial charge on any atom is -0.384 e. The maximum absolute atomic E-state index is 10.9. The lowest BCUT2D eigenvalue weighted by Crippen LogP contribution is -2.19. The summed E-state index contributed by atoms with van der Waals surface area (Å²) in [5.74, 6) is 0.0670. The van der Waals surface area contributed by atoms with E-state index in [2.05, 4.69) is 4.72 Å². The third-order valence-corrected chi connectivity index (χ3v) is 3.50. The third kappa shape index (κ3) is 2.90. The summed E-state index contributed by atoms with van der Waals surface area (Å²) in [5.41, 5.74) is 6.06. The quantitative estimate of drug-likeness (QED) is 0.533. The Kier molecular flexibility index (Phi) is 3.79. The van der Waals surface area contributed by atoms with Crippen LogP contribution in [0.15, 0.2) is 11.4 Å². The zero-order valence-corrected chi connectivity index (χ0v) is 9.67. The van der Waals surface area contributed by atoms with Gasteiger partial charge in [-0.05, 0) is 13.0 Å². The molecule has 1 rings (SSSR count). The van der Waals surface area contributed by atoms with Crippen molar-refractivity contribution in [3.05, 3.63) is 21.9 Å². The fourth-order valence-electron chi connectivity index (χ4n) is 1.03. The van der Waals surface area contributed by atoms with Crippen molar-refractivity contribution in [1.29, 1.82) is 5.41 Å². The molecule has 0 spiro atoms. The predicted molar refractivity (Wildman–Crippen MR) is 61.0 cm³/mol. The van der Waals surface area contributed by atoms with Crippen molar-refractivity contribution in [2.45, 2.75) is 13.0 Å². The summed E-state index contributed by atoms with van der Waals surface area (Å²) in [7, 11) is -1.03. The van der Waals surface area contributed by atoms with E-state index in [1.54, 1.807) is 6.26 Å². The van der Waals surface area contributed by atoms with Crippen LogP contribution in [0.5, 0.6) is 0 Å². The molecule has 78 valence electrons. The molecule has 0 fully saturated rings. The number of nitrogens with two attached hydrogens (primary N) is 1. The Morgan fingerprint density at radius 1 is 1.79 bits per heavy atom. The molecule has 6 heteroatoms. The molecule has 0 aliphatic rings. The second-order valence-corrected chi connectivity index (χ2v) is 5.03. The summed E-state index contributed by atoms with van der Waals surface area (Å²) in [4.78, 5) is 1.03. The molecule has 0 saturated heterocycles. The van der Waals surface area contributed by atoms with Gasteiger partial charge in [-0.15, -0.1) is 11.3 Å². The predicted octanol–water partition coefficient (Wildman–Crippen LogP) is 0.976. The van der Waals surface area contributed by atoms with E-state index < -0.39 is 11.0 Å². The monoisotopic (exact) mass is 231 g/mol. The highest BCUT2D eigenvalue weighted by Crippen LogP contribution is 2.21. The summed E-state index contributed by atoms with van der Waals surface area (Å²) in [5, 5.41) is 9.06. The van der Waals surface area contributed by atoms with Crippen LogP contribution < -0.4 is 10.5 Å². The van der Waals surface area contributed by atoms with Crippen LogP contribution >= 0.6 is 11.3 Å². The molecule has 0 radical (unpaired) electrons. The number of amidine groups is 1. The van der Waals surface area contributed by atoms with Gasteiger partial charge in [0.2, 0.25) is 0 Å². The topological polar surface area (TPSA) is 79.0 Å². The minimum absolute atomic E-state index is 0.0268. The first-order chi connectivity index (χ1) is 6.50. The molecule has 0 aliphatic carbocycles. The number of nitrogen functional groups attached to an aromatic ring is 1. The van der Waals surface area contributed by atoms with Crippen molar-refractivity contribution in [2.75, 3.05) is 6.26 Å². The molecule has 1 aromatic rings. The van der Waals surface area contributed by atoms with E-state index in [1.165, 1.54) is 11.3 Å². The first-order valence-electron chi connectivity index (χ1n) is 4.03. The molecule has 1 heterocycles. The molecule has 4 N–H and O–H groups in total. The summed E-state index contributed by atoms with van der Waals surface area (Å²) >= 11 is 1.51. The molecule has 2 atom stereocenters. The summed E-state index contributed by atoms with van der Waals surface area (Å²) in [6.07, 6.45) is 1.59. The van der Waals surface area contributed by atoms with E-state index in [4.69, 9.17) is 11.1 Å². The molecule has 0 unspecified atom stereocenters. The van der Waals surface area contributed by atoms with Crippen molar-refractivity contribution in [3.8, 4) is 0 Å². The number of nitrogens with one attached hydrogen (secondary N) is 2. The maximum Gasteiger partial charge on any atom is 0.123 e. The van der Waals surface area contributed by atoms with Crippen molar-refractivity contribution < 1.29 is 4.21 Å². The Bertz CT molecular complexity index is 361. The fourth-order valence-corrected chi connectivity index (χ4v) is 2.64. The summed E-state index contributed by atoms with van der Waals surface area (Å²) in [6, 6.07) is 1.87. The first-order valence-corrected chi connectivity index (χ1v) is 6.47. The molecule has 0 saturated carbocycles. The maximum atomic E-state index is 10.9. The van der Waals surface area contributed by atoms with Gasteiger partial charge in [0.25, 0.3) is 0 Å². The van der Waals surface area contributed by atoms with Crippen molar-refractivity contribution in [1.82, 2.24) is 4.72 Å². The number of hydrogen-bond donors (Lipinski definition) is 3. The van der Waals surface area contributed by atoms with Gasteiger partial charge in [0.15, 0.2) is 0 Å². The van der Waals surface area contributed by atoms with Crippen molar-refractivity contribution >= 4 is 28.2 Å². The van der Waals surface area contributed by atoms with E-state index in [9.17, 15) is 4.21 Å². The van der Waals surface area contributed by atoms with Crippen LogP contribution in [0.25, 0.3) is 0 Å². The Morgan fingerprint density at radius 3 is 2.86 bits per heavy atom. The van der Waals surface area contributed by atoms with Crippen molar-refractivity contribution in [2.24, 2.45) is 5.73 Å². The Labute approximate surface area is 89.6 Å². The molecule has 14 heavy (non-hydrogen) atoms. The van der Waals surface area contributed by atoms with Gasteiger partial charge in [-0.1, -0.05) is 0 Å². The highest BCUT2D eigenvalue weighted by molar-refractivity contribution is 7.82. The average Bonchev–Trinajstić information content (AvgIpc) is 2.50. The fraction of sp³-hybridized carbons (Fsp3) is 0.375. The van der Waals surface area contributed by atoms with Gasteiger partial charge in [0.1, 0.15) is 5.84 Å². The zero-order valence-electron chi connectivity index (χ0n) is 8.03. The molecule has 0 aromatic carbocycles. The molecule has 0 amide bonds. The average molecular weight is 231 g/mol. The second kappa shape index (κ2) is 4.68. The van der Waals surface area contributed by atoms with Gasteiger partial charge in [-0.25, -0.2) is 8.93 Å². The van der Waals surface area contributed by atoms with Crippen LogP contribution in [-0.4, -0.2) is 16.3 Å². The van der Waals surface area contributed by atoms with Crippen molar-refractivity contribution in [3.63, 3.8) is 0 Å².